The summed E-state index contributed by atoms with van der Waals surface area (Å²) in [6, 6.07) is 8.31. The average molecular weight is 276 g/mol. The van der Waals surface area contributed by atoms with E-state index in [0.29, 0.717) is 6.10 Å². The van der Waals surface area contributed by atoms with Gasteiger partial charge in [0.1, 0.15) is 6.07 Å². The van der Waals surface area contributed by atoms with E-state index in [4.69, 9.17) is 4.74 Å². The van der Waals surface area contributed by atoms with E-state index in [1.165, 1.54) is 12.8 Å². The molecule has 19 heavy (non-hydrogen) atoms. The van der Waals surface area contributed by atoms with E-state index in [1.54, 1.807) is 11.8 Å². The SMILES string of the molecule is CCSc1cccc(NCCC2CCCO2)c1C#N. The highest BCUT2D eigenvalue weighted by atomic mass is 32.2. The number of thioether (sulfide) groups is 1. The number of nitrogens with one attached hydrogen (secondary N) is 1. The Balaban J connectivity index is 1.95. The zero-order valence-corrected chi connectivity index (χ0v) is 12.1. The molecule has 1 saturated heterocycles. The summed E-state index contributed by atoms with van der Waals surface area (Å²) in [6.45, 7) is 3.86. The van der Waals surface area contributed by atoms with Crippen LogP contribution in [-0.4, -0.2) is 25.0 Å². The van der Waals surface area contributed by atoms with Gasteiger partial charge in [0.2, 0.25) is 0 Å². The summed E-state index contributed by atoms with van der Waals surface area (Å²) in [4.78, 5) is 1.06. The number of rotatable bonds is 6. The fraction of sp³-hybridized carbons (Fsp3) is 0.533. The maximum atomic E-state index is 9.31. The summed E-state index contributed by atoms with van der Waals surface area (Å²) in [7, 11) is 0. The van der Waals surface area contributed by atoms with Crippen LogP contribution in [0.1, 0.15) is 31.7 Å². The third-order valence-electron chi connectivity index (χ3n) is 3.24. The van der Waals surface area contributed by atoms with Gasteiger partial charge in [0, 0.05) is 18.0 Å². The first-order chi connectivity index (χ1) is 9.35. The molecule has 4 heteroatoms. The molecule has 1 N–H and O–H groups in total. The molecule has 1 aromatic carbocycles. The minimum absolute atomic E-state index is 0.395. The Bertz CT molecular complexity index is 450. The van der Waals surface area contributed by atoms with E-state index in [1.807, 2.05) is 18.2 Å². The maximum Gasteiger partial charge on any atom is 0.102 e. The molecule has 1 aliphatic heterocycles. The van der Waals surface area contributed by atoms with Gasteiger partial charge < -0.3 is 10.1 Å². The van der Waals surface area contributed by atoms with Crippen molar-refractivity contribution in [2.75, 3.05) is 24.2 Å². The van der Waals surface area contributed by atoms with Crippen LogP contribution in [0.4, 0.5) is 5.69 Å². The summed E-state index contributed by atoms with van der Waals surface area (Å²) in [5, 5.41) is 12.7. The van der Waals surface area contributed by atoms with E-state index in [9.17, 15) is 5.26 Å². The molecule has 0 saturated carbocycles. The zero-order valence-electron chi connectivity index (χ0n) is 11.3. The monoisotopic (exact) mass is 276 g/mol. The van der Waals surface area contributed by atoms with Gasteiger partial charge in [-0.1, -0.05) is 13.0 Å². The van der Waals surface area contributed by atoms with Gasteiger partial charge in [0.25, 0.3) is 0 Å². The molecule has 0 radical (unpaired) electrons. The molecule has 0 bridgehead atoms. The van der Waals surface area contributed by atoms with Crippen molar-refractivity contribution in [3.05, 3.63) is 23.8 Å². The predicted octanol–water partition coefficient (Wildman–Crippen LogP) is 3.65. The van der Waals surface area contributed by atoms with E-state index < -0.39 is 0 Å². The molecule has 1 unspecified atom stereocenters. The molecule has 0 aliphatic carbocycles. The third-order valence-corrected chi connectivity index (χ3v) is 4.18. The molecule has 102 valence electrons. The van der Waals surface area contributed by atoms with Crippen LogP contribution in [0.25, 0.3) is 0 Å². The second-order valence-corrected chi connectivity index (χ2v) is 5.88. The average Bonchev–Trinajstić information content (AvgIpc) is 2.93. The normalized spacial score (nSPS) is 18.2. The molecule has 0 aromatic heterocycles. The number of nitrogens with zero attached hydrogens (tertiary/aromatic N) is 1. The molecule has 1 heterocycles. The minimum Gasteiger partial charge on any atom is -0.384 e. The minimum atomic E-state index is 0.395. The van der Waals surface area contributed by atoms with E-state index in [2.05, 4.69) is 18.3 Å². The van der Waals surface area contributed by atoms with Gasteiger partial charge in [-0.3, -0.25) is 0 Å². The van der Waals surface area contributed by atoms with E-state index in [0.717, 1.165) is 41.5 Å². The van der Waals surface area contributed by atoms with Crippen LogP contribution >= 0.6 is 11.8 Å². The Kier molecular flexibility index (Phi) is 5.56. The fourth-order valence-electron chi connectivity index (χ4n) is 2.31. The summed E-state index contributed by atoms with van der Waals surface area (Å²) in [5.74, 6) is 0.980. The lowest BCUT2D eigenvalue weighted by Crippen LogP contribution is -2.13. The molecular weight excluding hydrogens is 256 g/mol. The van der Waals surface area contributed by atoms with Gasteiger partial charge in [-0.15, -0.1) is 11.8 Å². The highest BCUT2D eigenvalue weighted by molar-refractivity contribution is 7.99. The van der Waals surface area contributed by atoms with Crippen LogP contribution in [0.5, 0.6) is 0 Å². The van der Waals surface area contributed by atoms with Crippen LogP contribution in [0.15, 0.2) is 23.1 Å². The van der Waals surface area contributed by atoms with Crippen molar-refractivity contribution in [1.29, 1.82) is 5.26 Å². The molecule has 2 rings (SSSR count). The van der Waals surface area contributed by atoms with Crippen LogP contribution in [-0.2, 0) is 4.74 Å². The molecule has 0 amide bonds. The van der Waals surface area contributed by atoms with Crippen LogP contribution < -0.4 is 5.32 Å². The van der Waals surface area contributed by atoms with Gasteiger partial charge in [-0.25, -0.2) is 0 Å². The summed E-state index contributed by atoms with van der Waals surface area (Å²) < 4.78 is 5.60. The lowest BCUT2D eigenvalue weighted by molar-refractivity contribution is 0.107. The fourth-order valence-corrected chi connectivity index (χ4v) is 3.10. The summed E-state index contributed by atoms with van der Waals surface area (Å²) in [5.41, 5.74) is 1.71. The smallest absolute Gasteiger partial charge is 0.102 e. The first kappa shape index (κ1) is 14.2. The Hall–Kier alpha value is -1.18. The topological polar surface area (TPSA) is 45.0 Å². The Morgan fingerprint density at radius 3 is 3.11 bits per heavy atom. The van der Waals surface area contributed by atoms with Crippen LogP contribution in [0, 0.1) is 11.3 Å². The molecular formula is C15H20N2OS. The molecule has 3 nitrogen and oxygen atoms in total. The third kappa shape index (κ3) is 3.89. The lowest BCUT2D eigenvalue weighted by atomic mass is 10.1. The van der Waals surface area contributed by atoms with Gasteiger partial charge in [-0.2, -0.15) is 5.26 Å². The second-order valence-electron chi connectivity index (χ2n) is 4.57. The van der Waals surface area contributed by atoms with Crippen molar-refractivity contribution >= 4 is 17.4 Å². The molecule has 0 spiro atoms. The first-order valence-corrected chi connectivity index (χ1v) is 7.85. The first-order valence-electron chi connectivity index (χ1n) is 6.86. The van der Waals surface area contributed by atoms with Gasteiger partial charge >= 0.3 is 0 Å². The van der Waals surface area contributed by atoms with Gasteiger partial charge in [0.15, 0.2) is 0 Å². The zero-order chi connectivity index (χ0) is 13.5. The number of anilines is 1. The van der Waals surface area contributed by atoms with Crippen molar-refractivity contribution < 1.29 is 4.74 Å². The highest BCUT2D eigenvalue weighted by Crippen LogP contribution is 2.28. The Morgan fingerprint density at radius 2 is 2.42 bits per heavy atom. The highest BCUT2D eigenvalue weighted by Gasteiger charge is 2.15. The van der Waals surface area contributed by atoms with Gasteiger partial charge in [0.05, 0.1) is 17.4 Å². The van der Waals surface area contributed by atoms with Crippen LogP contribution in [0.3, 0.4) is 0 Å². The number of benzene rings is 1. The van der Waals surface area contributed by atoms with Crippen LogP contribution in [0.2, 0.25) is 0 Å². The number of ether oxygens (including phenoxy) is 1. The summed E-state index contributed by atoms with van der Waals surface area (Å²) >= 11 is 1.71. The van der Waals surface area contributed by atoms with Gasteiger partial charge in [-0.05, 0) is 37.1 Å². The van der Waals surface area contributed by atoms with Crippen molar-refractivity contribution in [3.8, 4) is 6.07 Å². The maximum absolute atomic E-state index is 9.31. The Morgan fingerprint density at radius 1 is 1.53 bits per heavy atom. The molecule has 1 atom stereocenters. The quantitative estimate of drug-likeness (QED) is 0.806. The molecule has 1 aliphatic rings. The summed E-state index contributed by atoms with van der Waals surface area (Å²) in [6.07, 6.45) is 3.75. The predicted molar refractivity (Wildman–Crippen MR) is 79.6 cm³/mol. The number of hydrogen-bond acceptors (Lipinski definition) is 4. The van der Waals surface area contributed by atoms with E-state index in [-0.39, 0.29) is 0 Å². The molecule has 1 aromatic rings. The standard InChI is InChI=1S/C15H20N2OS/c1-2-19-15-7-3-6-14(13(15)11-16)17-9-8-12-5-4-10-18-12/h3,6-7,12,17H,2,4-5,8-10H2,1H3. The Labute approximate surface area is 119 Å². The van der Waals surface area contributed by atoms with Crippen molar-refractivity contribution in [2.45, 2.75) is 37.2 Å². The number of hydrogen-bond donors (Lipinski definition) is 1. The number of nitriles is 1. The molecule has 1 fully saturated rings. The van der Waals surface area contributed by atoms with Crippen molar-refractivity contribution in [1.82, 2.24) is 0 Å². The van der Waals surface area contributed by atoms with E-state index >= 15 is 0 Å². The second kappa shape index (κ2) is 7.42. The largest absolute Gasteiger partial charge is 0.384 e. The van der Waals surface area contributed by atoms with Crippen molar-refractivity contribution in [2.24, 2.45) is 0 Å². The van der Waals surface area contributed by atoms with Crippen molar-refractivity contribution in [3.63, 3.8) is 0 Å². The lowest BCUT2D eigenvalue weighted by Gasteiger charge is -2.13.